The first-order chi connectivity index (χ1) is 7.67. The number of hydrogen-bond acceptors (Lipinski definition) is 2. The number of phenols is 1. The van der Waals surface area contributed by atoms with E-state index in [1.807, 2.05) is 6.07 Å². The number of aryl methyl sites for hydroxylation is 1. The first-order valence-electron chi connectivity index (χ1n) is 5.37. The van der Waals surface area contributed by atoms with Crippen molar-refractivity contribution in [1.29, 1.82) is 0 Å². The zero-order chi connectivity index (χ0) is 11.7. The largest absolute Gasteiger partial charge is 0.507 e. The Morgan fingerprint density at radius 1 is 1.44 bits per heavy atom. The molecule has 86 valence electrons. The van der Waals surface area contributed by atoms with Gasteiger partial charge in [0.05, 0.1) is 9.99 Å². The van der Waals surface area contributed by atoms with Gasteiger partial charge in [0.2, 0.25) is 0 Å². The monoisotopic (exact) mass is 282 g/mol. The number of aromatic hydroxyl groups is 1. The molecule has 2 rings (SSSR count). The molecule has 3 N–H and O–H groups in total. The highest BCUT2D eigenvalue weighted by molar-refractivity contribution is 9.10. The quantitative estimate of drug-likeness (QED) is 0.909. The van der Waals surface area contributed by atoms with E-state index in [9.17, 15) is 5.11 Å². The van der Waals surface area contributed by atoms with Crippen molar-refractivity contribution in [3.8, 4) is 5.75 Å². The van der Waals surface area contributed by atoms with Crippen LogP contribution in [0.3, 0.4) is 0 Å². The maximum atomic E-state index is 9.69. The summed E-state index contributed by atoms with van der Waals surface area (Å²) in [5.74, 6) is 0.277. The minimum Gasteiger partial charge on any atom is -0.507 e. The number of hydrogen-bond donors (Lipinski definition) is 2. The fourth-order valence-corrected chi connectivity index (χ4v) is 2.33. The summed E-state index contributed by atoms with van der Waals surface area (Å²) >= 11 is 3.34. The van der Waals surface area contributed by atoms with E-state index in [2.05, 4.69) is 33.6 Å². The van der Waals surface area contributed by atoms with Crippen LogP contribution in [0.25, 0.3) is 10.9 Å². The number of benzene rings is 1. The lowest BCUT2D eigenvalue weighted by molar-refractivity contribution is 0.472. The molecule has 0 saturated carbocycles. The molecule has 0 aliphatic carbocycles. The van der Waals surface area contributed by atoms with Crippen LogP contribution in [0.5, 0.6) is 5.75 Å². The Balaban J connectivity index is 2.69. The van der Waals surface area contributed by atoms with Crippen LogP contribution in [-0.4, -0.2) is 16.2 Å². The predicted molar refractivity (Wildman–Crippen MR) is 69.7 cm³/mol. The zero-order valence-corrected chi connectivity index (χ0v) is 10.8. The molecular weight excluding hydrogens is 268 g/mol. The molecule has 2 aromatic rings. The van der Waals surface area contributed by atoms with Crippen molar-refractivity contribution in [1.82, 2.24) is 4.57 Å². The highest BCUT2D eigenvalue weighted by atomic mass is 79.9. The maximum absolute atomic E-state index is 9.69. The fraction of sp³-hybridized carbons (Fsp3) is 0.333. The second-order valence-corrected chi connectivity index (χ2v) is 4.65. The van der Waals surface area contributed by atoms with E-state index in [1.54, 1.807) is 6.07 Å². The van der Waals surface area contributed by atoms with Crippen molar-refractivity contribution in [3.63, 3.8) is 0 Å². The minimum absolute atomic E-state index is 0.277. The number of nitrogens with two attached hydrogens (primary N) is 1. The lowest BCUT2D eigenvalue weighted by Gasteiger charge is -2.02. The number of fused-ring (bicyclic) bond motifs is 1. The first-order valence-corrected chi connectivity index (χ1v) is 6.17. The summed E-state index contributed by atoms with van der Waals surface area (Å²) in [7, 11) is 0. The molecule has 1 aromatic heterocycles. The molecule has 1 heterocycles. The van der Waals surface area contributed by atoms with Gasteiger partial charge in [0, 0.05) is 24.2 Å². The number of rotatable bonds is 3. The molecule has 0 radical (unpaired) electrons. The van der Waals surface area contributed by atoms with Gasteiger partial charge in [-0.15, -0.1) is 0 Å². The fourth-order valence-electron chi connectivity index (χ4n) is 1.99. The summed E-state index contributed by atoms with van der Waals surface area (Å²) in [4.78, 5) is 0. The van der Waals surface area contributed by atoms with Gasteiger partial charge in [-0.3, -0.25) is 0 Å². The number of aromatic nitrogens is 1. The van der Waals surface area contributed by atoms with Crippen molar-refractivity contribution in [2.45, 2.75) is 19.9 Å². The molecule has 0 bridgehead atoms. The van der Waals surface area contributed by atoms with Gasteiger partial charge in [-0.05, 0) is 47.4 Å². The lowest BCUT2D eigenvalue weighted by Crippen LogP contribution is -2.02. The predicted octanol–water partition coefficient (Wildman–Crippen LogP) is 2.63. The van der Waals surface area contributed by atoms with Crippen molar-refractivity contribution >= 4 is 26.8 Å². The third-order valence-electron chi connectivity index (χ3n) is 2.79. The van der Waals surface area contributed by atoms with Gasteiger partial charge < -0.3 is 15.4 Å². The van der Waals surface area contributed by atoms with Gasteiger partial charge in [0.15, 0.2) is 0 Å². The molecule has 0 fully saturated rings. The van der Waals surface area contributed by atoms with Crippen molar-refractivity contribution in [2.24, 2.45) is 5.73 Å². The van der Waals surface area contributed by atoms with Crippen molar-refractivity contribution < 1.29 is 5.11 Å². The average Bonchev–Trinajstić information content (AvgIpc) is 2.58. The average molecular weight is 283 g/mol. The highest BCUT2D eigenvalue weighted by Gasteiger charge is 2.10. The molecule has 1 aromatic carbocycles. The topological polar surface area (TPSA) is 51.2 Å². The van der Waals surface area contributed by atoms with Crippen LogP contribution < -0.4 is 5.73 Å². The van der Waals surface area contributed by atoms with Crippen LogP contribution >= 0.6 is 15.9 Å². The van der Waals surface area contributed by atoms with Crippen LogP contribution in [-0.2, 0) is 13.0 Å². The minimum atomic E-state index is 0.277. The van der Waals surface area contributed by atoms with Crippen molar-refractivity contribution in [2.75, 3.05) is 6.54 Å². The second kappa shape index (κ2) is 4.47. The Labute approximate surface area is 103 Å². The van der Waals surface area contributed by atoms with Gasteiger partial charge >= 0.3 is 0 Å². The van der Waals surface area contributed by atoms with Gasteiger partial charge in [-0.2, -0.15) is 0 Å². The van der Waals surface area contributed by atoms with E-state index in [0.717, 1.165) is 28.3 Å². The standard InChI is InChI=1S/C12H15BrN2O/c1-2-15-7-8(3-4-14)9-5-10(13)12(16)6-11(9)15/h5-7,16H,2-4,14H2,1H3. The van der Waals surface area contributed by atoms with Crippen LogP contribution in [0.15, 0.2) is 22.8 Å². The molecule has 0 amide bonds. The molecule has 0 aliphatic rings. The Morgan fingerprint density at radius 2 is 2.19 bits per heavy atom. The summed E-state index contributed by atoms with van der Waals surface area (Å²) in [6, 6.07) is 3.75. The Bertz CT molecular complexity index is 519. The molecule has 0 unspecified atom stereocenters. The van der Waals surface area contributed by atoms with Crippen LogP contribution in [0.2, 0.25) is 0 Å². The summed E-state index contributed by atoms with van der Waals surface area (Å²) in [5.41, 5.74) is 7.90. The smallest absolute Gasteiger partial charge is 0.131 e. The summed E-state index contributed by atoms with van der Waals surface area (Å²) in [6.45, 7) is 3.62. The lowest BCUT2D eigenvalue weighted by atomic mass is 10.1. The second-order valence-electron chi connectivity index (χ2n) is 3.80. The van der Waals surface area contributed by atoms with E-state index in [1.165, 1.54) is 5.56 Å². The number of phenolic OH excluding ortho intramolecular Hbond substituents is 1. The first kappa shape index (κ1) is 11.5. The third-order valence-corrected chi connectivity index (χ3v) is 3.42. The SMILES string of the molecule is CCn1cc(CCN)c2cc(Br)c(O)cc21. The van der Waals surface area contributed by atoms with E-state index in [4.69, 9.17) is 5.73 Å². The maximum Gasteiger partial charge on any atom is 0.131 e. The molecule has 0 spiro atoms. The molecular formula is C12H15BrN2O. The van der Waals surface area contributed by atoms with Gasteiger partial charge in [0.25, 0.3) is 0 Å². The van der Waals surface area contributed by atoms with Crippen LogP contribution in [0.1, 0.15) is 12.5 Å². The Morgan fingerprint density at radius 3 is 2.81 bits per heavy atom. The molecule has 0 saturated heterocycles. The Hall–Kier alpha value is -1.00. The van der Waals surface area contributed by atoms with Gasteiger partial charge in [-0.25, -0.2) is 0 Å². The van der Waals surface area contributed by atoms with Gasteiger partial charge in [-0.1, -0.05) is 0 Å². The summed E-state index contributed by atoms with van der Waals surface area (Å²) < 4.78 is 2.86. The molecule has 16 heavy (non-hydrogen) atoms. The molecule has 4 heteroatoms. The van der Waals surface area contributed by atoms with E-state index >= 15 is 0 Å². The molecule has 0 atom stereocenters. The summed E-state index contributed by atoms with van der Waals surface area (Å²) in [5, 5.41) is 10.9. The molecule has 3 nitrogen and oxygen atoms in total. The normalized spacial score (nSPS) is 11.2. The zero-order valence-electron chi connectivity index (χ0n) is 9.20. The van der Waals surface area contributed by atoms with E-state index in [-0.39, 0.29) is 5.75 Å². The van der Waals surface area contributed by atoms with Crippen molar-refractivity contribution in [3.05, 3.63) is 28.4 Å². The van der Waals surface area contributed by atoms with Crippen LogP contribution in [0, 0.1) is 0 Å². The van der Waals surface area contributed by atoms with E-state index < -0.39 is 0 Å². The highest BCUT2D eigenvalue weighted by Crippen LogP contribution is 2.32. The van der Waals surface area contributed by atoms with Crippen LogP contribution in [0.4, 0.5) is 0 Å². The summed E-state index contributed by atoms with van der Waals surface area (Å²) in [6.07, 6.45) is 2.98. The number of nitrogens with zero attached hydrogens (tertiary/aromatic N) is 1. The van der Waals surface area contributed by atoms with Gasteiger partial charge in [0.1, 0.15) is 5.75 Å². The third kappa shape index (κ3) is 1.83. The Kier molecular flexibility index (Phi) is 3.21. The molecule has 0 aliphatic heterocycles. The van der Waals surface area contributed by atoms with E-state index in [0.29, 0.717) is 6.54 Å². The number of halogens is 1.